The molecule has 1 saturated heterocycles. The Balaban J connectivity index is 1.73. The van der Waals surface area contributed by atoms with Gasteiger partial charge in [-0.1, -0.05) is 30.4 Å². The Morgan fingerprint density at radius 3 is 2.64 bits per heavy atom. The van der Waals surface area contributed by atoms with Crippen molar-refractivity contribution in [3.8, 4) is 11.5 Å². The van der Waals surface area contributed by atoms with Gasteiger partial charge in [-0.25, -0.2) is 4.39 Å². The molecule has 1 aliphatic heterocycles. The van der Waals surface area contributed by atoms with Gasteiger partial charge in [0.15, 0.2) is 11.5 Å². The van der Waals surface area contributed by atoms with E-state index >= 15 is 0 Å². The van der Waals surface area contributed by atoms with Gasteiger partial charge >= 0.3 is 0 Å². The summed E-state index contributed by atoms with van der Waals surface area (Å²) in [6.07, 6.45) is 0. The number of benzene rings is 2. The molecule has 1 heterocycles. The Morgan fingerprint density at radius 2 is 1.92 bits per heavy atom. The highest BCUT2D eigenvalue weighted by molar-refractivity contribution is 7.80. The highest BCUT2D eigenvalue weighted by Crippen LogP contribution is 2.30. The minimum Gasteiger partial charge on any atom is -0.493 e. The largest absolute Gasteiger partial charge is 0.493 e. The zero-order valence-corrected chi connectivity index (χ0v) is 14.9. The topological polar surface area (TPSA) is 30.9 Å². The number of halogens is 1. The van der Waals surface area contributed by atoms with Gasteiger partial charge in [-0.05, 0) is 24.3 Å². The van der Waals surface area contributed by atoms with Crippen LogP contribution in [0.3, 0.4) is 0 Å². The van der Waals surface area contributed by atoms with E-state index < -0.39 is 0 Å². The van der Waals surface area contributed by atoms with E-state index in [9.17, 15) is 4.39 Å². The second-order valence-electron chi connectivity index (χ2n) is 5.65. The third-order valence-corrected chi connectivity index (χ3v) is 4.54. The average Bonchev–Trinajstić information content (AvgIpc) is 2.67. The highest BCUT2D eigenvalue weighted by atomic mass is 32.1. The van der Waals surface area contributed by atoms with Crippen molar-refractivity contribution in [2.45, 2.75) is 6.61 Å². The first-order valence-electron chi connectivity index (χ1n) is 8.10. The zero-order chi connectivity index (χ0) is 17.6. The molecule has 3 rings (SSSR count). The van der Waals surface area contributed by atoms with E-state index in [0.717, 1.165) is 23.6 Å². The number of rotatable bonds is 5. The van der Waals surface area contributed by atoms with Gasteiger partial charge in [-0.15, -0.1) is 0 Å². The zero-order valence-electron chi connectivity index (χ0n) is 14.0. The van der Waals surface area contributed by atoms with Gasteiger partial charge in [0.1, 0.15) is 17.4 Å². The first kappa shape index (κ1) is 17.6. The number of nitrogens with zero attached hydrogens (tertiary/aromatic N) is 1. The van der Waals surface area contributed by atoms with E-state index in [0.29, 0.717) is 30.3 Å². The minimum absolute atomic E-state index is 0.135. The number of ether oxygens (including phenoxy) is 3. The van der Waals surface area contributed by atoms with Crippen LogP contribution in [0.2, 0.25) is 0 Å². The van der Waals surface area contributed by atoms with Crippen LogP contribution in [-0.4, -0.2) is 43.3 Å². The molecule has 0 saturated carbocycles. The van der Waals surface area contributed by atoms with Gasteiger partial charge < -0.3 is 19.1 Å². The monoisotopic (exact) mass is 361 g/mol. The van der Waals surface area contributed by atoms with Crippen LogP contribution in [0.15, 0.2) is 42.5 Å². The molecule has 0 N–H and O–H groups in total. The van der Waals surface area contributed by atoms with Crippen LogP contribution >= 0.6 is 12.2 Å². The molecule has 1 aliphatic rings. The number of hydrogen-bond acceptors (Lipinski definition) is 4. The Bertz CT molecular complexity index is 747. The summed E-state index contributed by atoms with van der Waals surface area (Å²) in [6, 6.07) is 12.1. The Labute approximate surface area is 152 Å². The fourth-order valence-electron chi connectivity index (χ4n) is 2.64. The summed E-state index contributed by atoms with van der Waals surface area (Å²) in [5.41, 5.74) is 1.39. The third kappa shape index (κ3) is 4.27. The quantitative estimate of drug-likeness (QED) is 0.762. The second-order valence-corrected chi connectivity index (χ2v) is 6.04. The summed E-state index contributed by atoms with van der Waals surface area (Å²) in [4.78, 5) is 2.88. The number of hydrogen-bond donors (Lipinski definition) is 0. The van der Waals surface area contributed by atoms with Crippen molar-refractivity contribution in [1.29, 1.82) is 0 Å². The molecule has 0 atom stereocenters. The summed E-state index contributed by atoms with van der Waals surface area (Å²) in [7, 11) is 1.58. The molecule has 0 radical (unpaired) electrons. The van der Waals surface area contributed by atoms with Crippen LogP contribution in [0.5, 0.6) is 11.5 Å². The molecule has 0 aromatic heterocycles. The lowest BCUT2D eigenvalue weighted by molar-refractivity contribution is 0.0693. The maximum absolute atomic E-state index is 13.7. The molecule has 25 heavy (non-hydrogen) atoms. The van der Waals surface area contributed by atoms with Crippen LogP contribution in [0.1, 0.15) is 11.1 Å². The van der Waals surface area contributed by atoms with Gasteiger partial charge in [0.2, 0.25) is 0 Å². The van der Waals surface area contributed by atoms with Crippen molar-refractivity contribution in [3.63, 3.8) is 0 Å². The molecule has 0 unspecified atom stereocenters. The normalized spacial score (nSPS) is 14.2. The number of thiocarbonyl (C=S) groups is 1. The summed E-state index contributed by atoms with van der Waals surface area (Å²) < 4.78 is 30.2. The Kier molecular flexibility index (Phi) is 5.83. The predicted molar refractivity (Wildman–Crippen MR) is 97.8 cm³/mol. The van der Waals surface area contributed by atoms with Crippen LogP contribution in [0.4, 0.5) is 4.39 Å². The third-order valence-electron chi connectivity index (χ3n) is 4.05. The van der Waals surface area contributed by atoms with Crippen LogP contribution < -0.4 is 9.47 Å². The second kappa shape index (κ2) is 8.27. The maximum atomic E-state index is 13.7. The Morgan fingerprint density at radius 1 is 1.16 bits per heavy atom. The molecule has 6 heteroatoms. The van der Waals surface area contributed by atoms with E-state index in [1.807, 2.05) is 18.2 Å². The van der Waals surface area contributed by atoms with Gasteiger partial charge in [-0.3, -0.25) is 0 Å². The molecule has 0 bridgehead atoms. The predicted octanol–water partition coefficient (Wildman–Crippen LogP) is 3.42. The molecule has 2 aromatic carbocycles. The summed E-state index contributed by atoms with van der Waals surface area (Å²) in [5.74, 6) is 0.843. The van der Waals surface area contributed by atoms with Gasteiger partial charge in [0, 0.05) is 24.2 Å². The van der Waals surface area contributed by atoms with Crippen molar-refractivity contribution >= 4 is 17.2 Å². The number of morpholine rings is 1. The van der Waals surface area contributed by atoms with Crippen molar-refractivity contribution in [2.24, 2.45) is 0 Å². The van der Waals surface area contributed by atoms with Crippen molar-refractivity contribution in [2.75, 3.05) is 33.4 Å². The highest BCUT2D eigenvalue weighted by Gasteiger charge is 2.17. The minimum atomic E-state index is -0.286. The maximum Gasteiger partial charge on any atom is 0.161 e. The summed E-state index contributed by atoms with van der Waals surface area (Å²) in [5, 5.41) is 0. The fourth-order valence-corrected chi connectivity index (χ4v) is 2.95. The fraction of sp³-hybridized carbons (Fsp3) is 0.316. The van der Waals surface area contributed by atoms with Crippen LogP contribution in [-0.2, 0) is 11.3 Å². The lowest BCUT2D eigenvalue weighted by Crippen LogP contribution is -2.40. The van der Waals surface area contributed by atoms with Crippen LogP contribution in [0, 0.1) is 5.82 Å². The molecule has 2 aromatic rings. The first-order chi connectivity index (χ1) is 12.2. The summed E-state index contributed by atoms with van der Waals surface area (Å²) >= 11 is 5.57. The standard InChI is InChI=1S/C19H20FNO3S/c1-22-18-12-14(19(25)21-8-10-23-11-9-21)6-7-17(18)24-13-15-4-2-3-5-16(15)20/h2-7,12H,8-11,13H2,1H3. The van der Waals surface area contributed by atoms with Crippen LogP contribution in [0.25, 0.3) is 0 Å². The lowest BCUT2D eigenvalue weighted by Gasteiger charge is -2.29. The van der Waals surface area contributed by atoms with Gasteiger partial charge in [0.25, 0.3) is 0 Å². The van der Waals surface area contributed by atoms with Gasteiger partial charge in [-0.2, -0.15) is 0 Å². The Hall–Kier alpha value is -2.18. The molecular weight excluding hydrogens is 341 g/mol. The van der Waals surface area contributed by atoms with Crippen molar-refractivity contribution < 1.29 is 18.6 Å². The summed E-state index contributed by atoms with van der Waals surface area (Å²) in [6.45, 7) is 3.07. The smallest absolute Gasteiger partial charge is 0.161 e. The molecule has 1 fully saturated rings. The van der Waals surface area contributed by atoms with E-state index in [4.69, 9.17) is 26.4 Å². The van der Waals surface area contributed by atoms with E-state index in [2.05, 4.69) is 4.90 Å². The molecular formula is C19H20FNO3S. The van der Waals surface area contributed by atoms with E-state index in [-0.39, 0.29) is 12.4 Å². The molecule has 0 spiro atoms. The first-order valence-corrected chi connectivity index (χ1v) is 8.51. The van der Waals surface area contributed by atoms with E-state index in [1.54, 1.807) is 25.3 Å². The van der Waals surface area contributed by atoms with E-state index in [1.165, 1.54) is 6.07 Å². The number of methoxy groups -OCH3 is 1. The van der Waals surface area contributed by atoms with Gasteiger partial charge in [0.05, 0.1) is 20.3 Å². The van der Waals surface area contributed by atoms with Crippen molar-refractivity contribution in [1.82, 2.24) is 4.90 Å². The molecule has 4 nitrogen and oxygen atoms in total. The molecule has 0 amide bonds. The molecule has 0 aliphatic carbocycles. The molecule has 132 valence electrons. The SMILES string of the molecule is COc1cc(C(=S)N2CCOCC2)ccc1OCc1ccccc1F. The lowest BCUT2D eigenvalue weighted by atomic mass is 10.1. The average molecular weight is 361 g/mol. The van der Waals surface area contributed by atoms with Crippen molar-refractivity contribution in [3.05, 3.63) is 59.4 Å².